The molecule has 25 heavy (non-hydrogen) atoms. The monoisotopic (exact) mass is 368 g/mol. The van der Waals surface area contributed by atoms with Crippen LogP contribution in [0.5, 0.6) is 0 Å². The van der Waals surface area contributed by atoms with Crippen LogP contribution in [-0.2, 0) is 26.2 Å². The van der Waals surface area contributed by atoms with E-state index < -0.39 is 10.0 Å². The highest BCUT2D eigenvalue weighted by atomic mass is 32.2. The van der Waals surface area contributed by atoms with Crippen molar-refractivity contribution in [3.8, 4) is 0 Å². The van der Waals surface area contributed by atoms with Gasteiger partial charge >= 0.3 is 0 Å². The second-order valence-corrected chi connectivity index (χ2v) is 8.56. The molecule has 1 N–H and O–H groups in total. The van der Waals surface area contributed by atoms with Gasteiger partial charge in [0.2, 0.25) is 15.9 Å². The number of ether oxygens (including phenoxy) is 1. The van der Waals surface area contributed by atoms with Crippen molar-refractivity contribution >= 4 is 15.9 Å². The van der Waals surface area contributed by atoms with Crippen molar-refractivity contribution in [2.45, 2.75) is 32.3 Å². The summed E-state index contributed by atoms with van der Waals surface area (Å²) in [4.78, 5) is 11.9. The average Bonchev–Trinajstić information content (AvgIpc) is 2.60. The van der Waals surface area contributed by atoms with Gasteiger partial charge in [0, 0.05) is 32.7 Å². The van der Waals surface area contributed by atoms with Gasteiger partial charge in [0.15, 0.2) is 0 Å². The molecule has 1 saturated heterocycles. The van der Waals surface area contributed by atoms with Gasteiger partial charge in [-0.3, -0.25) is 4.79 Å². The van der Waals surface area contributed by atoms with Crippen molar-refractivity contribution in [1.82, 2.24) is 9.62 Å². The van der Waals surface area contributed by atoms with E-state index in [2.05, 4.69) is 5.32 Å². The Kier molecular flexibility index (Phi) is 7.87. The van der Waals surface area contributed by atoms with Gasteiger partial charge in [-0.05, 0) is 30.7 Å². The predicted molar refractivity (Wildman–Crippen MR) is 97.5 cm³/mol. The van der Waals surface area contributed by atoms with Crippen LogP contribution in [0, 0.1) is 5.92 Å². The molecule has 1 unspecified atom stereocenters. The molecular weight excluding hydrogens is 340 g/mol. The third kappa shape index (κ3) is 7.54. The summed E-state index contributed by atoms with van der Waals surface area (Å²) >= 11 is 0. The second kappa shape index (κ2) is 9.89. The normalized spacial score (nSPS) is 18.8. The SMILES string of the molecule is CS(=O)(=O)N1CCCC(CNC(=O)CCCOCc2ccccc2)C1. The maximum atomic E-state index is 11.9. The summed E-state index contributed by atoms with van der Waals surface area (Å²) in [6.07, 6.45) is 4.15. The van der Waals surface area contributed by atoms with Crippen LogP contribution in [-0.4, -0.2) is 51.1 Å². The number of nitrogens with one attached hydrogen (secondary N) is 1. The molecule has 140 valence electrons. The Bertz CT molecular complexity index is 634. The van der Waals surface area contributed by atoms with Crippen molar-refractivity contribution in [1.29, 1.82) is 0 Å². The van der Waals surface area contributed by atoms with Crippen LogP contribution in [0.15, 0.2) is 30.3 Å². The fourth-order valence-corrected chi connectivity index (χ4v) is 3.88. The molecule has 1 fully saturated rings. The van der Waals surface area contributed by atoms with Gasteiger partial charge in [0.05, 0.1) is 12.9 Å². The average molecular weight is 368 g/mol. The standard InChI is InChI=1S/C18H28N2O4S/c1-25(22,23)20-11-5-9-17(14-20)13-19-18(21)10-6-12-24-15-16-7-3-2-4-8-16/h2-4,7-8,17H,5-6,9-15H2,1H3,(H,19,21). The maximum absolute atomic E-state index is 11.9. The lowest BCUT2D eigenvalue weighted by Crippen LogP contribution is -2.43. The van der Waals surface area contributed by atoms with Crippen molar-refractivity contribution < 1.29 is 17.9 Å². The number of amides is 1. The summed E-state index contributed by atoms with van der Waals surface area (Å²) in [7, 11) is -3.14. The number of carbonyl (C=O) groups excluding carboxylic acids is 1. The van der Waals surface area contributed by atoms with Crippen molar-refractivity contribution in [2.75, 3.05) is 32.5 Å². The number of sulfonamides is 1. The molecule has 6 nitrogen and oxygen atoms in total. The largest absolute Gasteiger partial charge is 0.377 e. The van der Waals surface area contributed by atoms with Gasteiger partial charge in [-0.15, -0.1) is 0 Å². The van der Waals surface area contributed by atoms with Gasteiger partial charge in [0.25, 0.3) is 0 Å². The minimum Gasteiger partial charge on any atom is -0.377 e. The van der Waals surface area contributed by atoms with Crippen molar-refractivity contribution in [3.63, 3.8) is 0 Å². The molecule has 7 heteroatoms. The van der Waals surface area contributed by atoms with Crippen LogP contribution >= 0.6 is 0 Å². The highest BCUT2D eigenvalue weighted by Gasteiger charge is 2.25. The Hall–Kier alpha value is -1.44. The Labute approximate surface area is 150 Å². The van der Waals surface area contributed by atoms with Crippen LogP contribution in [0.4, 0.5) is 0 Å². The Morgan fingerprint density at radius 3 is 2.80 bits per heavy atom. The molecule has 1 aromatic carbocycles. The second-order valence-electron chi connectivity index (χ2n) is 6.58. The maximum Gasteiger partial charge on any atom is 0.220 e. The lowest BCUT2D eigenvalue weighted by atomic mass is 10.00. The smallest absolute Gasteiger partial charge is 0.220 e. The van der Waals surface area contributed by atoms with Crippen LogP contribution in [0.25, 0.3) is 0 Å². The lowest BCUT2D eigenvalue weighted by molar-refractivity contribution is -0.121. The van der Waals surface area contributed by atoms with E-state index >= 15 is 0 Å². The first kappa shape index (κ1) is 19.9. The summed E-state index contributed by atoms with van der Waals surface area (Å²) < 4.78 is 30.3. The van der Waals surface area contributed by atoms with Gasteiger partial charge < -0.3 is 10.1 Å². The molecule has 1 aliphatic rings. The summed E-state index contributed by atoms with van der Waals surface area (Å²) in [6.45, 7) is 2.73. The zero-order valence-corrected chi connectivity index (χ0v) is 15.6. The molecule has 0 aliphatic carbocycles. The van der Waals surface area contributed by atoms with Gasteiger partial charge in [-0.2, -0.15) is 0 Å². The van der Waals surface area contributed by atoms with E-state index in [0.717, 1.165) is 18.4 Å². The first-order valence-electron chi connectivity index (χ1n) is 8.78. The molecule has 1 heterocycles. The number of piperidine rings is 1. The summed E-state index contributed by atoms with van der Waals surface area (Å²) in [6, 6.07) is 9.94. The first-order valence-corrected chi connectivity index (χ1v) is 10.6. The fourth-order valence-electron chi connectivity index (χ4n) is 2.94. The molecule has 0 bridgehead atoms. The van der Waals surface area contributed by atoms with E-state index in [1.807, 2.05) is 30.3 Å². The first-order chi connectivity index (χ1) is 11.9. The molecule has 1 aliphatic heterocycles. The summed E-state index contributed by atoms with van der Waals surface area (Å²) in [5.74, 6) is 0.196. The van der Waals surface area contributed by atoms with Gasteiger partial charge in [-0.1, -0.05) is 30.3 Å². The number of nitrogens with zero attached hydrogens (tertiary/aromatic N) is 1. The predicted octanol–water partition coefficient (Wildman–Crippen LogP) is 1.77. The van der Waals surface area contributed by atoms with E-state index in [1.165, 1.54) is 10.6 Å². The summed E-state index contributed by atoms with van der Waals surface area (Å²) in [5, 5.41) is 2.92. The summed E-state index contributed by atoms with van der Waals surface area (Å²) in [5.41, 5.74) is 1.12. The van der Waals surface area contributed by atoms with E-state index in [-0.39, 0.29) is 11.8 Å². The molecule has 0 aromatic heterocycles. The topological polar surface area (TPSA) is 75.7 Å². The molecule has 0 spiro atoms. The third-order valence-electron chi connectivity index (χ3n) is 4.34. The molecule has 0 radical (unpaired) electrons. The number of rotatable bonds is 9. The minimum atomic E-state index is -3.14. The molecule has 0 saturated carbocycles. The number of carbonyl (C=O) groups is 1. The molecule has 2 rings (SSSR count). The lowest BCUT2D eigenvalue weighted by Gasteiger charge is -2.30. The van der Waals surface area contributed by atoms with E-state index in [0.29, 0.717) is 45.7 Å². The van der Waals surface area contributed by atoms with E-state index in [9.17, 15) is 13.2 Å². The van der Waals surface area contributed by atoms with Gasteiger partial charge in [0.1, 0.15) is 0 Å². The van der Waals surface area contributed by atoms with Crippen LogP contribution in [0.1, 0.15) is 31.2 Å². The van der Waals surface area contributed by atoms with Gasteiger partial charge in [-0.25, -0.2) is 12.7 Å². The number of hydrogen-bond donors (Lipinski definition) is 1. The zero-order valence-electron chi connectivity index (χ0n) is 14.8. The van der Waals surface area contributed by atoms with Crippen molar-refractivity contribution in [3.05, 3.63) is 35.9 Å². The van der Waals surface area contributed by atoms with Crippen molar-refractivity contribution in [2.24, 2.45) is 5.92 Å². The van der Waals surface area contributed by atoms with E-state index in [1.54, 1.807) is 0 Å². The van der Waals surface area contributed by atoms with Crippen LogP contribution < -0.4 is 5.32 Å². The quantitative estimate of drug-likeness (QED) is 0.674. The Morgan fingerprint density at radius 1 is 1.32 bits per heavy atom. The highest BCUT2D eigenvalue weighted by molar-refractivity contribution is 7.88. The molecular formula is C18H28N2O4S. The molecule has 1 aromatic rings. The zero-order chi connectivity index (χ0) is 18.1. The number of benzene rings is 1. The van der Waals surface area contributed by atoms with Crippen LogP contribution in [0.3, 0.4) is 0 Å². The molecule has 1 amide bonds. The highest BCUT2D eigenvalue weighted by Crippen LogP contribution is 2.17. The Morgan fingerprint density at radius 2 is 2.08 bits per heavy atom. The Balaban J connectivity index is 1.56. The minimum absolute atomic E-state index is 0.000194. The fraction of sp³-hybridized carbons (Fsp3) is 0.611. The third-order valence-corrected chi connectivity index (χ3v) is 5.61. The van der Waals surface area contributed by atoms with E-state index in [4.69, 9.17) is 4.74 Å². The van der Waals surface area contributed by atoms with Crippen LogP contribution in [0.2, 0.25) is 0 Å². The molecule has 1 atom stereocenters. The number of hydrogen-bond acceptors (Lipinski definition) is 4.